The van der Waals surface area contributed by atoms with E-state index in [1.165, 1.54) is 19.3 Å². The number of hydrogen-bond acceptors (Lipinski definition) is 2. The van der Waals surface area contributed by atoms with Crippen LogP contribution in [0.5, 0.6) is 5.75 Å². The lowest BCUT2D eigenvalue weighted by atomic mass is 10.3. The van der Waals surface area contributed by atoms with E-state index in [1.54, 1.807) is 12.0 Å². The van der Waals surface area contributed by atoms with Crippen LogP contribution in [0.3, 0.4) is 0 Å². The third-order valence-corrected chi connectivity index (χ3v) is 2.50. The quantitative estimate of drug-likeness (QED) is 0.504. The summed E-state index contributed by atoms with van der Waals surface area (Å²) in [7, 11) is 0. The Bertz CT molecular complexity index is 211. The van der Waals surface area contributed by atoms with Crippen LogP contribution in [0.4, 0.5) is 0 Å². The fraction of sp³-hybridized carbons (Fsp3) is 0.455. The van der Waals surface area contributed by atoms with Gasteiger partial charge in [-0.15, -0.1) is 0 Å². The molecule has 0 fully saturated rings. The molecule has 72 valence electrons. The highest BCUT2D eigenvalue weighted by Gasteiger charge is 1.92. The SMILES string of the molecule is CCCCCSOc1ccccc1. The average Bonchev–Trinajstić information content (AvgIpc) is 2.19. The van der Waals surface area contributed by atoms with E-state index in [1.807, 2.05) is 30.3 Å². The molecular weight excluding hydrogens is 180 g/mol. The summed E-state index contributed by atoms with van der Waals surface area (Å²) in [4.78, 5) is 0. The van der Waals surface area contributed by atoms with Crippen molar-refractivity contribution in [3.8, 4) is 5.75 Å². The first-order valence-corrected chi connectivity index (χ1v) is 5.69. The Kier molecular flexibility index (Phi) is 5.50. The molecule has 1 aromatic rings. The number of hydrogen-bond donors (Lipinski definition) is 0. The number of benzene rings is 1. The molecule has 0 aliphatic heterocycles. The Hall–Kier alpha value is -0.630. The van der Waals surface area contributed by atoms with Gasteiger partial charge in [-0.3, -0.25) is 0 Å². The maximum absolute atomic E-state index is 5.47. The van der Waals surface area contributed by atoms with Crippen molar-refractivity contribution in [3.63, 3.8) is 0 Å². The second kappa shape index (κ2) is 6.84. The number of unbranched alkanes of at least 4 members (excludes halogenated alkanes) is 2. The lowest BCUT2D eigenvalue weighted by Gasteiger charge is -2.02. The second-order valence-electron chi connectivity index (χ2n) is 2.93. The van der Waals surface area contributed by atoms with Crippen molar-refractivity contribution in [3.05, 3.63) is 30.3 Å². The summed E-state index contributed by atoms with van der Waals surface area (Å²) in [6.45, 7) is 2.21. The minimum absolute atomic E-state index is 0.948. The lowest BCUT2D eigenvalue weighted by Crippen LogP contribution is -1.85. The van der Waals surface area contributed by atoms with Gasteiger partial charge in [0.25, 0.3) is 0 Å². The van der Waals surface area contributed by atoms with Gasteiger partial charge in [-0.2, -0.15) is 0 Å². The van der Waals surface area contributed by atoms with Crippen LogP contribution in [0, 0.1) is 0 Å². The minimum Gasteiger partial charge on any atom is -0.426 e. The van der Waals surface area contributed by atoms with Crippen molar-refractivity contribution in [2.75, 3.05) is 5.75 Å². The van der Waals surface area contributed by atoms with Gasteiger partial charge in [0.05, 0.1) is 12.0 Å². The predicted octanol–water partition coefficient (Wildman–Crippen LogP) is 3.90. The van der Waals surface area contributed by atoms with Gasteiger partial charge in [-0.1, -0.05) is 38.0 Å². The number of para-hydroxylation sites is 1. The second-order valence-corrected chi connectivity index (χ2v) is 3.74. The molecule has 0 aromatic heterocycles. The van der Waals surface area contributed by atoms with Crippen molar-refractivity contribution in [2.24, 2.45) is 0 Å². The summed E-state index contributed by atoms with van der Waals surface area (Å²) in [5.74, 6) is 2.03. The van der Waals surface area contributed by atoms with E-state index >= 15 is 0 Å². The summed E-state index contributed by atoms with van der Waals surface area (Å²) < 4.78 is 5.47. The zero-order chi connectivity index (χ0) is 9.36. The van der Waals surface area contributed by atoms with Gasteiger partial charge in [0.1, 0.15) is 5.75 Å². The topological polar surface area (TPSA) is 9.23 Å². The zero-order valence-corrected chi connectivity index (χ0v) is 8.85. The number of rotatable bonds is 6. The maximum Gasteiger partial charge on any atom is 0.137 e. The fourth-order valence-corrected chi connectivity index (χ4v) is 1.65. The van der Waals surface area contributed by atoms with E-state index in [2.05, 4.69) is 6.92 Å². The lowest BCUT2D eigenvalue weighted by molar-refractivity contribution is 0.640. The third kappa shape index (κ3) is 4.83. The van der Waals surface area contributed by atoms with E-state index in [0.29, 0.717) is 0 Å². The van der Waals surface area contributed by atoms with Crippen LogP contribution < -0.4 is 4.18 Å². The van der Waals surface area contributed by atoms with Gasteiger partial charge in [0.15, 0.2) is 0 Å². The zero-order valence-electron chi connectivity index (χ0n) is 8.03. The van der Waals surface area contributed by atoms with Crippen molar-refractivity contribution in [1.82, 2.24) is 0 Å². The van der Waals surface area contributed by atoms with Gasteiger partial charge >= 0.3 is 0 Å². The first-order valence-electron chi connectivity index (χ1n) is 4.78. The molecule has 0 heterocycles. The molecule has 0 saturated heterocycles. The molecule has 1 nitrogen and oxygen atoms in total. The van der Waals surface area contributed by atoms with Gasteiger partial charge in [-0.25, -0.2) is 0 Å². The smallest absolute Gasteiger partial charge is 0.137 e. The van der Waals surface area contributed by atoms with Crippen molar-refractivity contribution >= 4 is 12.0 Å². The monoisotopic (exact) mass is 196 g/mol. The van der Waals surface area contributed by atoms with E-state index in [-0.39, 0.29) is 0 Å². The molecular formula is C11H16OS. The summed E-state index contributed by atoms with van der Waals surface area (Å²) in [6.07, 6.45) is 3.81. The Balaban J connectivity index is 2.07. The standard InChI is InChI=1S/C11H16OS/c1-2-3-7-10-13-12-11-8-5-4-6-9-11/h4-6,8-9H,2-3,7,10H2,1H3. The first-order chi connectivity index (χ1) is 6.43. The summed E-state index contributed by atoms with van der Waals surface area (Å²) in [6, 6.07) is 9.93. The van der Waals surface area contributed by atoms with E-state index in [4.69, 9.17) is 4.18 Å². The van der Waals surface area contributed by atoms with Crippen LogP contribution in [-0.2, 0) is 0 Å². The van der Waals surface area contributed by atoms with Crippen LogP contribution in [0.1, 0.15) is 26.2 Å². The predicted molar refractivity (Wildman–Crippen MR) is 59.1 cm³/mol. The summed E-state index contributed by atoms with van der Waals surface area (Å²) in [5.41, 5.74) is 0. The maximum atomic E-state index is 5.47. The Morgan fingerprint density at radius 1 is 1.15 bits per heavy atom. The van der Waals surface area contributed by atoms with Gasteiger partial charge in [0, 0.05) is 5.75 Å². The highest BCUT2D eigenvalue weighted by molar-refractivity contribution is 7.95. The van der Waals surface area contributed by atoms with E-state index in [0.717, 1.165) is 11.5 Å². The molecule has 1 aromatic carbocycles. The minimum atomic E-state index is 0.948. The first kappa shape index (κ1) is 10.5. The Morgan fingerprint density at radius 2 is 1.92 bits per heavy atom. The largest absolute Gasteiger partial charge is 0.426 e. The van der Waals surface area contributed by atoms with Crippen molar-refractivity contribution < 1.29 is 4.18 Å². The molecule has 0 atom stereocenters. The molecule has 0 spiro atoms. The summed E-state index contributed by atoms with van der Waals surface area (Å²) in [5, 5.41) is 0. The molecule has 0 N–H and O–H groups in total. The van der Waals surface area contributed by atoms with Crippen LogP contribution in [0.15, 0.2) is 30.3 Å². The summed E-state index contributed by atoms with van der Waals surface area (Å²) >= 11 is 1.55. The van der Waals surface area contributed by atoms with E-state index in [9.17, 15) is 0 Å². The molecule has 0 aliphatic carbocycles. The molecule has 0 saturated carbocycles. The molecule has 13 heavy (non-hydrogen) atoms. The molecule has 2 heteroatoms. The fourth-order valence-electron chi connectivity index (χ4n) is 0.997. The Labute approximate surface area is 84.7 Å². The molecule has 0 aliphatic rings. The average molecular weight is 196 g/mol. The molecule has 0 amide bonds. The van der Waals surface area contributed by atoms with Crippen LogP contribution >= 0.6 is 12.0 Å². The van der Waals surface area contributed by atoms with Crippen LogP contribution in [0.2, 0.25) is 0 Å². The highest BCUT2D eigenvalue weighted by Crippen LogP contribution is 2.16. The van der Waals surface area contributed by atoms with Gasteiger partial charge in [-0.05, 0) is 18.6 Å². The normalized spacial score (nSPS) is 9.92. The van der Waals surface area contributed by atoms with Crippen LogP contribution in [-0.4, -0.2) is 5.75 Å². The van der Waals surface area contributed by atoms with Crippen molar-refractivity contribution in [2.45, 2.75) is 26.2 Å². The molecule has 0 unspecified atom stereocenters. The molecule has 0 bridgehead atoms. The van der Waals surface area contributed by atoms with Crippen LogP contribution in [0.25, 0.3) is 0 Å². The highest BCUT2D eigenvalue weighted by atomic mass is 32.2. The van der Waals surface area contributed by atoms with E-state index < -0.39 is 0 Å². The molecule has 0 radical (unpaired) electrons. The third-order valence-electron chi connectivity index (χ3n) is 1.73. The van der Waals surface area contributed by atoms with Gasteiger partial charge in [0.2, 0.25) is 0 Å². The van der Waals surface area contributed by atoms with Crippen molar-refractivity contribution in [1.29, 1.82) is 0 Å². The Morgan fingerprint density at radius 3 is 2.62 bits per heavy atom. The van der Waals surface area contributed by atoms with Gasteiger partial charge < -0.3 is 4.18 Å². The molecule has 1 rings (SSSR count).